The van der Waals surface area contributed by atoms with E-state index in [4.69, 9.17) is 0 Å². The van der Waals surface area contributed by atoms with Crippen LogP contribution in [0.4, 0.5) is 0 Å². The van der Waals surface area contributed by atoms with Crippen LogP contribution in [0, 0.1) is 0 Å². The van der Waals surface area contributed by atoms with Crippen molar-refractivity contribution >= 4 is 24.0 Å². The molecule has 0 aliphatic carbocycles. The van der Waals surface area contributed by atoms with Crippen molar-refractivity contribution < 1.29 is 4.89 Å². The minimum absolute atomic E-state index is 0.971. The molecule has 1 unspecified atom stereocenters. The summed E-state index contributed by atoms with van der Waals surface area (Å²) in [6.45, 7) is 2.17. The van der Waals surface area contributed by atoms with Crippen LogP contribution in [0.15, 0.2) is 30.3 Å². The van der Waals surface area contributed by atoms with Crippen molar-refractivity contribution in [1.82, 2.24) is 0 Å². The van der Waals surface area contributed by atoms with Gasteiger partial charge in [0.1, 0.15) is 7.35 Å². The van der Waals surface area contributed by atoms with E-state index in [-0.39, 0.29) is 0 Å². The summed E-state index contributed by atoms with van der Waals surface area (Å²) in [6.07, 6.45) is 2.39. The van der Waals surface area contributed by atoms with Gasteiger partial charge < -0.3 is 4.89 Å². The smallest absolute Gasteiger partial charge is 0.118 e. The summed E-state index contributed by atoms with van der Waals surface area (Å²) in [4.78, 5) is 9.77. The van der Waals surface area contributed by atoms with Gasteiger partial charge in [0.05, 0.1) is 0 Å². The van der Waals surface area contributed by atoms with E-state index >= 15 is 0 Å². The predicted molar refractivity (Wildman–Crippen MR) is 62.6 cm³/mol. The van der Waals surface area contributed by atoms with E-state index in [1.807, 2.05) is 30.3 Å². The first kappa shape index (κ1) is 11.0. The molecule has 0 amide bonds. The van der Waals surface area contributed by atoms with Crippen molar-refractivity contribution in [3.8, 4) is 0 Å². The van der Waals surface area contributed by atoms with Crippen LogP contribution in [0.5, 0.6) is 0 Å². The summed E-state index contributed by atoms with van der Waals surface area (Å²) in [5.41, 5.74) is 0. The molecule has 0 heterocycles. The van der Waals surface area contributed by atoms with Crippen LogP contribution < -0.4 is 5.30 Å². The fourth-order valence-electron chi connectivity index (χ4n) is 0.925. The zero-order chi connectivity index (χ0) is 9.52. The highest BCUT2D eigenvalue weighted by atomic mass is 32.7. The molecule has 0 saturated carbocycles. The molecular formula is C10H15OPS. The maximum absolute atomic E-state index is 9.77. The summed E-state index contributed by atoms with van der Waals surface area (Å²) >= 11 is 1.67. The highest BCUT2D eigenvalue weighted by Gasteiger charge is 2.06. The Labute approximate surface area is 85.1 Å². The molecule has 0 radical (unpaired) electrons. The van der Waals surface area contributed by atoms with Crippen molar-refractivity contribution in [3.05, 3.63) is 30.3 Å². The predicted octanol–water partition coefficient (Wildman–Crippen LogP) is 3.15. The number of benzene rings is 1. The van der Waals surface area contributed by atoms with Crippen molar-refractivity contribution in [1.29, 1.82) is 0 Å². The van der Waals surface area contributed by atoms with Crippen LogP contribution in [-0.4, -0.2) is 10.6 Å². The number of hydrogen-bond acceptors (Lipinski definition) is 2. The molecule has 1 rings (SSSR count). The molecule has 0 spiro atoms. The Hall–Kier alpha value is -0.0400. The van der Waals surface area contributed by atoms with Gasteiger partial charge in [-0.1, -0.05) is 43.7 Å². The molecule has 0 fully saturated rings. The Morgan fingerprint density at radius 3 is 2.62 bits per heavy atom. The zero-order valence-electron chi connectivity index (χ0n) is 7.81. The maximum atomic E-state index is 9.77. The molecule has 1 aromatic rings. The molecule has 72 valence electrons. The van der Waals surface area contributed by atoms with Crippen LogP contribution in [0.25, 0.3) is 0 Å². The SMILES string of the molecule is CCCCSP(O)c1ccccc1. The third-order valence-electron chi connectivity index (χ3n) is 1.69. The molecule has 3 heteroatoms. The van der Waals surface area contributed by atoms with Gasteiger partial charge in [0.25, 0.3) is 0 Å². The Balaban J connectivity index is 2.35. The van der Waals surface area contributed by atoms with Crippen molar-refractivity contribution in [2.75, 3.05) is 5.75 Å². The van der Waals surface area contributed by atoms with E-state index < -0.39 is 7.35 Å². The minimum Gasteiger partial charge on any atom is -0.359 e. The second-order valence-electron chi connectivity index (χ2n) is 2.80. The molecule has 0 saturated heterocycles. The fourth-order valence-corrected chi connectivity index (χ4v) is 3.81. The first-order valence-electron chi connectivity index (χ1n) is 4.51. The Bertz CT molecular complexity index is 228. The topological polar surface area (TPSA) is 20.2 Å². The van der Waals surface area contributed by atoms with Crippen LogP contribution in [0.3, 0.4) is 0 Å². The van der Waals surface area contributed by atoms with E-state index in [1.54, 1.807) is 11.4 Å². The molecule has 1 N–H and O–H groups in total. The molecule has 1 nitrogen and oxygen atoms in total. The summed E-state index contributed by atoms with van der Waals surface area (Å²) < 4.78 is 0. The minimum atomic E-state index is -0.971. The van der Waals surface area contributed by atoms with Crippen LogP contribution in [0.2, 0.25) is 0 Å². The molecular weight excluding hydrogens is 199 g/mol. The van der Waals surface area contributed by atoms with Gasteiger partial charge >= 0.3 is 0 Å². The molecule has 1 atom stereocenters. The van der Waals surface area contributed by atoms with E-state index in [0.717, 1.165) is 11.1 Å². The van der Waals surface area contributed by atoms with Gasteiger partial charge in [-0.05, 0) is 12.2 Å². The lowest BCUT2D eigenvalue weighted by Crippen LogP contribution is -1.96. The fraction of sp³-hybridized carbons (Fsp3) is 0.400. The monoisotopic (exact) mass is 214 g/mol. The number of hydrogen-bond donors (Lipinski definition) is 1. The van der Waals surface area contributed by atoms with Gasteiger partial charge in [-0.25, -0.2) is 0 Å². The normalized spacial score (nSPS) is 12.8. The number of unbranched alkanes of at least 4 members (excludes halogenated alkanes) is 1. The Kier molecular flexibility index (Phi) is 5.45. The van der Waals surface area contributed by atoms with Gasteiger partial charge in [0.15, 0.2) is 0 Å². The van der Waals surface area contributed by atoms with E-state index in [1.165, 1.54) is 12.8 Å². The van der Waals surface area contributed by atoms with E-state index in [0.29, 0.717) is 0 Å². The third-order valence-corrected chi connectivity index (χ3v) is 5.06. The summed E-state index contributed by atoms with van der Waals surface area (Å²) in [7, 11) is -0.971. The lowest BCUT2D eigenvalue weighted by atomic mass is 10.4. The summed E-state index contributed by atoms with van der Waals surface area (Å²) in [5.74, 6) is 1.06. The van der Waals surface area contributed by atoms with Crippen LogP contribution >= 0.6 is 18.7 Å². The van der Waals surface area contributed by atoms with Crippen molar-refractivity contribution in [2.45, 2.75) is 19.8 Å². The van der Waals surface area contributed by atoms with Gasteiger partial charge in [-0.15, -0.1) is 11.4 Å². The highest BCUT2D eigenvalue weighted by Crippen LogP contribution is 2.44. The average molecular weight is 214 g/mol. The first-order chi connectivity index (χ1) is 6.34. The molecule has 13 heavy (non-hydrogen) atoms. The van der Waals surface area contributed by atoms with Crippen molar-refractivity contribution in [2.24, 2.45) is 0 Å². The van der Waals surface area contributed by atoms with Crippen LogP contribution in [0.1, 0.15) is 19.8 Å². The van der Waals surface area contributed by atoms with Gasteiger partial charge in [-0.3, -0.25) is 0 Å². The van der Waals surface area contributed by atoms with Gasteiger partial charge in [0, 0.05) is 5.30 Å². The summed E-state index contributed by atoms with van der Waals surface area (Å²) in [5, 5.41) is 1.07. The average Bonchev–Trinajstić information content (AvgIpc) is 2.19. The lowest BCUT2D eigenvalue weighted by Gasteiger charge is -2.08. The van der Waals surface area contributed by atoms with Gasteiger partial charge in [-0.2, -0.15) is 0 Å². The Morgan fingerprint density at radius 2 is 2.00 bits per heavy atom. The molecule has 0 aromatic heterocycles. The van der Waals surface area contributed by atoms with E-state index in [2.05, 4.69) is 6.92 Å². The zero-order valence-corrected chi connectivity index (χ0v) is 9.52. The maximum Gasteiger partial charge on any atom is 0.118 e. The molecule has 0 aliphatic heterocycles. The van der Waals surface area contributed by atoms with E-state index in [9.17, 15) is 4.89 Å². The molecule has 1 aromatic carbocycles. The highest BCUT2D eigenvalue weighted by molar-refractivity contribution is 8.56. The van der Waals surface area contributed by atoms with Crippen molar-refractivity contribution in [3.63, 3.8) is 0 Å². The lowest BCUT2D eigenvalue weighted by molar-refractivity contribution is 0.650. The second-order valence-corrected chi connectivity index (χ2v) is 6.34. The Morgan fingerprint density at radius 1 is 1.31 bits per heavy atom. The largest absolute Gasteiger partial charge is 0.359 e. The number of rotatable bonds is 5. The molecule has 0 aliphatic rings. The quantitative estimate of drug-likeness (QED) is 0.600. The summed E-state index contributed by atoms with van der Waals surface area (Å²) in [6, 6.07) is 9.90. The standard InChI is InChI=1S/C10H15OPS/c1-2-3-9-13-12(11)10-7-5-4-6-8-10/h4-8,11H,2-3,9H2,1H3. The molecule has 0 bridgehead atoms. The third kappa shape index (κ3) is 4.12. The van der Waals surface area contributed by atoms with Gasteiger partial charge in [0.2, 0.25) is 0 Å². The van der Waals surface area contributed by atoms with Crippen LogP contribution in [-0.2, 0) is 0 Å². The second kappa shape index (κ2) is 6.42. The first-order valence-corrected chi connectivity index (χ1v) is 7.40.